The van der Waals surface area contributed by atoms with Crippen molar-refractivity contribution in [3.63, 3.8) is 0 Å². The molecule has 150 valence electrons. The van der Waals surface area contributed by atoms with Crippen LogP contribution in [0, 0.1) is 0 Å². The Morgan fingerprint density at radius 2 is 1.41 bits per heavy atom. The van der Waals surface area contributed by atoms with E-state index in [1.165, 1.54) is 28.3 Å². The van der Waals surface area contributed by atoms with Gasteiger partial charge in [-0.2, -0.15) is 17.0 Å². The predicted octanol–water partition coefficient (Wildman–Crippen LogP) is 0.348. The van der Waals surface area contributed by atoms with Crippen LogP contribution in [0.4, 0.5) is 4.79 Å². The molecule has 1 aromatic carbocycles. The zero-order valence-electron chi connectivity index (χ0n) is 16.1. The number of amides is 2. The van der Waals surface area contributed by atoms with Gasteiger partial charge in [0.15, 0.2) is 0 Å². The Morgan fingerprint density at radius 3 is 1.93 bits per heavy atom. The molecule has 9 heteroatoms. The lowest BCUT2D eigenvalue weighted by Gasteiger charge is -2.40. The Kier molecular flexibility index (Phi) is 6.36. The Morgan fingerprint density at radius 1 is 0.889 bits per heavy atom. The van der Waals surface area contributed by atoms with Gasteiger partial charge < -0.3 is 9.80 Å². The number of benzene rings is 1. The number of rotatable bonds is 4. The molecule has 0 unspecified atom stereocenters. The maximum Gasteiger partial charge on any atom is 0.320 e. The molecule has 1 aromatic rings. The smallest absolute Gasteiger partial charge is 0.320 e. The highest BCUT2D eigenvalue weighted by Crippen LogP contribution is 2.14. The Balaban J connectivity index is 1.46. The van der Waals surface area contributed by atoms with Gasteiger partial charge in [-0.15, -0.1) is 0 Å². The zero-order valence-corrected chi connectivity index (χ0v) is 16.9. The first-order valence-electron chi connectivity index (χ1n) is 9.35. The maximum absolute atomic E-state index is 12.8. The summed E-state index contributed by atoms with van der Waals surface area (Å²) in [7, 11) is -0.343. The average Bonchev–Trinajstić information content (AvgIpc) is 2.69. The predicted molar refractivity (Wildman–Crippen MR) is 104 cm³/mol. The first-order chi connectivity index (χ1) is 12.9. The number of piperazine rings is 2. The second-order valence-corrected chi connectivity index (χ2v) is 9.35. The summed E-state index contributed by atoms with van der Waals surface area (Å²) in [6.45, 7) is 5.62. The topological polar surface area (TPSA) is 67.4 Å². The van der Waals surface area contributed by atoms with Gasteiger partial charge in [0.05, 0.1) is 0 Å². The lowest BCUT2D eigenvalue weighted by molar-refractivity contribution is 0.0994. The molecule has 0 aliphatic carbocycles. The molecule has 2 amide bonds. The van der Waals surface area contributed by atoms with Gasteiger partial charge in [0.2, 0.25) is 0 Å². The number of carbonyl (C=O) groups is 1. The van der Waals surface area contributed by atoms with Crippen molar-refractivity contribution in [1.29, 1.82) is 0 Å². The van der Waals surface area contributed by atoms with Crippen molar-refractivity contribution in [2.45, 2.75) is 6.54 Å². The molecule has 0 saturated carbocycles. The van der Waals surface area contributed by atoms with Gasteiger partial charge in [-0.05, 0) is 5.56 Å². The summed E-state index contributed by atoms with van der Waals surface area (Å²) in [6, 6.07) is 10.4. The molecule has 8 nitrogen and oxygen atoms in total. The van der Waals surface area contributed by atoms with E-state index in [1.807, 2.05) is 23.1 Å². The van der Waals surface area contributed by atoms with E-state index in [9.17, 15) is 13.2 Å². The maximum atomic E-state index is 12.8. The fourth-order valence-electron chi connectivity index (χ4n) is 3.48. The Labute approximate surface area is 162 Å². The fourth-order valence-corrected chi connectivity index (χ4v) is 4.57. The highest BCUT2D eigenvalue weighted by molar-refractivity contribution is 7.86. The van der Waals surface area contributed by atoms with Crippen LogP contribution in [0.15, 0.2) is 30.3 Å². The van der Waals surface area contributed by atoms with Gasteiger partial charge in [0.1, 0.15) is 0 Å². The van der Waals surface area contributed by atoms with Crippen molar-refractivity contribution in [3.8, 4) is 0 Å². The van der Waals surface area contributed by atoms with Gasteiger partial charge >= 0.3 is 6.03 Å². The van der Waals surface area contributed by atoms with E-state index in [0.29, 0.717) is 39.3 Å². The van der Waals surface area contributed by atoms with Crippen LogP contribution < -0.4 is 0 Å². The molecule has 27 heavy (non-hydrogen) atoms. The third-order valence-electron chi connectivity index (χ3n) is 5.19. The molecule has 0 radical (unpaired) electrons. The summed E-state index contributed by atoms with van der Waals surface area (Å²) in [4.78, 5) is 18.8. The zero-order chi connectivity index (χ0) is 19.4. The number of hydrogen-bond donors (Lipinski definition) is 0. The molecule has 2 saturated heterocycles. The fraction of sp³-hybridized carbons (Fsp3) is 0.611. The van der Waals surface area contributed by atoms with Crippen LogP contribution >= 0.6 is 0 Å². The Hall–Kier alpha value is -1.68. The molecule has 0 aromatic heterocycles. The van der Waals surface area contributed by atoms with Gasteiger partial charge in [-0.3, -0.25) is 4.90 Å². The Bertz CT molecular complexity index is 725. The molecule has 2 aliphatic heterocycles. The third-order valence-corrected chi connectivity index (χ3v) is 7.13. The van der Waals surface area contributed by atoms with Crippen molar-refractivity contribution < 1.29 is 13.2 Å². The monoisotopic (exact) mass is 395 g/mol. The molecule has 0 spiro atoms. The normalized spacial score (nSPS) is 20.3. The van der Waals surface area contributed by atoms with E-state index in [4.69, 9.17) is 0 Å². The SMILES string of the molecule is CN(C)S(=O)(=O)N1CCN(C(=O)N2CCN(Cc3ccccc3)CC2)CC1. The van der Waals surface area contributed by atoms with E-state index < -0.39 is 10.2 Å². The van der Waals surface area contributed by atoms with E-state index in [0.717, 1.165) is 19.6 Å². The first kappa shape index (κ1) is 20.1. The van der Waals surface area contributed by atoms with E-state index in [2.05, 4.69) is 17.0 Å². The largest absolute Gasteiger partial charge is 0.322 e. The minimum atomic E-state index is -3.40. The van der Waals surface area contributed by atoms with E-state index >= 15 is 0 Å². The summed E-state index contributed by atoms with van der Waals surface area (Å²) < 4.78 is 27.0. The lowest BCUT2D eigenvalue weighted by atomic mass is 10.2. The van der Waals surface area contributed by atoms with Crippen molar-refractivity contribution in [1.82, 2.24) is 23.3 Å². The number of carbonyl (C=O) groups excluding carboxylic acids is 1. The summed E-state index contributed by atoms with van der Waals surface area (Å²) in [5.74, 6) is 0. The van der Waals surface area contributed by atoms with Crippen LogP contribution in [0.1, 0.15) is 5.56 Å². The molecular weight excluding hydrogens is 366 g/mol. The quantitative estimate of drug-likeness (QED) is 0.738. The minimum Gasteiger partial charge on any atom is -0.322 e. The second-order valence-electron chi connectivity index (χ2n) is 7.21. The summed E-state index contributed by atoms with van der Waals surface area (Å²) in [5.41, 5.74) is 1.29. The first-order valence-corrected chi connectivity index (χ1v) is 10.8. The van der Waals surface area contributed by atoms with Crippen LogP contribution in [-0.2, 0) is 16.8 Å². The van der Waals surface area contributed by atoms with Crippen LogP contribution in [0.3, 0.4) is 0 Å². The van der Waals surface area contributed by atoms with E-state index in [1.54, 1.807) is 4.90 Å². The van der Waals surface area contributed by atoms with Crippen molar-refractivity contribution in [2.24, 2.45) is 0 Å². The van der Waals surface area contributed by atoms with Gasteiger partial charge in [-0.1, -0.05) is 30.3 Å². The van der Waals surface area contributed by atoms with Gasteiger partial charge in [0, 0.05) is 73.0 Å². The minimum absolute atomic E-state index is 0.0243. The standard InChI is InChI=1S/C18H29N5O3S/c1-19(2)27(25,26)23-14-12-22(13-15-23)18(24)21-10-8-20(9-11-21)16-17-6-4-3-5-7-17/h3-7H,8-16H2,1-2H3. The van der Waals surface area contributed by atoms with Gasteiger partial charge in [0.25, 0.3) is 10.2 Å². The molecule has 2 heterocycles. The van der Waals surface area contributed by atoms with Crippen molar-refractivity contribution >= 4 is 16.2 Å². The highest BCUT2D eigenvalue weighted by Gasteiger charge is 2.32. The molecule has 0 atom stereocenters. The number of urea groups is 1. The molecule has 2 aliphatic rings. The van der Waals surface area contributed by atoms with Crippen molar-refractivity contribution in [3.05, 3.63) is 35.9 Å². The summed E-state index contributed by atoms with van der Waals surface area (Å²) in [6.07, 6.45) is 0. The highest BCUT2D eigenvalue weighted by atomic mass is 32.2. The van der Waals surface area contributed by atoms with Crippen LogP contribution in [0.5, 0.6) is 0 Å². The molecule has 3 rings (SSSR count). The average molecular weight is 396 g/mol. The van der Waals surface area contributed by atoms with Crippen molar-refractivity contribution in [2.75, 3.05) is 66.5 Å². The van der Waals surface area contributed by atoms with E-state index in [-0.39, 0.29) is 6.03 Å². The number of hydrogen-bond acceptors (Lipinski definition) is 4. The third kappa shape index (κ3) is 4.78. The second kappa shape index (κ2) is 8.55. The molecular formula is C18H29N5O3S. The van der Waals surface area contributed by atoms with Crippen LogP contribution in [-0.4, -0.2) is 104 Å². The summed E-state index contributed by atoms with van der Waals surface area (Å²) in [5, 5.41) is 0. The number of nitrogens with zero attached hydrogens (tertiary/aromatic N) is 5. The lowest BCUT2D eigenvalue weighted by Crippen LogP contribution is -2.58. The summed E-state index contributed by atoms with van der Waals surface area (Å²) >= 11 is 0. The van der Waals surface area contributed by atoms with Crippen LogP contribution in [0.2, 0.25) is 0 Å². The van der Waals surface area contributed by atoms with Gasteiger partial charge in [-0.25, -0.2) is 4.79 Å². The molecule has 0 N–H and O–H groups in total. The molecule has 2 fully saturated rings. The van der Waals surface area contributed by atoms with Crippen LogP contribution in [0.25, 0.3) is 0 Å². The molecule has 0 bridgehead atoms.